The first kappa shape index (κ1) is 46.2. The minimum atomic E-state index is -1.05. The Morgan fingerprint density at radius 1 is 0.662 bits per heavy atom. The lowest BCUT2D eigenvalue weighted by Crippen LogP contribution is -2.36. The van der Waals surface area contributed by atoms with E-state index in [9.17, 15) is 48.9 Å². The molecule has 3 aromatic carbocycles. The molecule has 65 heavy (non-hydrogen) atoms. The van der Waals surface area contributed by atoms with E-state index in [0.29, 0.717) is 12.6 Å². The third-order valence-electron chi connectivity index (χ3n) is 10.3. The molecule has 0 spiro atoms. The van der Waals surface area contributed by atoms with Crippen molar-refractivity contribution in [2.45, 2.75) is 31.3 Å². The van der Waals surface area contributed by atoms with Crippen LogP contribution in [0.3, 0.4) is 0 Å². The van der Waals surface area contributed by atoms with Crippen molar-refractivity contribution in [3.8, 4) is 23.6 Å². The van der Waals surface area contributed by atoms with E-state index in [4.69, 9.17) is 33.2 Å². The second-order valence-electron chi connectivity index (χ2n) is 14.4. The van der Waals surface area contributed by atoms with Gasteiger partial charge < -0.3 is 37.9 Å². The average molecular weight is 885 g/mol. The molecule has 1 aliphatic carbocycles. The Hall–Kier alpha value is -8.32. The summed E-state index contributed by atoms with van der Waals surface area (Å²) >= 11 is 0. The molecule has 0 N–H and O–H groups in total. The molecule has 18 heteroatoms. The molecule has 0 amide bonds. The fraction of sp³-hybridized carbons (Fsp3) is 0.234. The smallest absolute Gasteiger partial charge is 0.349 e. The molecule has 2 saturated heterocycles. The molecule has 0 aromatic heterocycles. The number of benzene rings is 3. The van der Waals surface area contributed by atoms with Gasteiger partial charge in [0.1, 0.15) is 47.0 Å². The van der Waals surface area contributed by atoms with Crippen molar-refractivity contribution in [2.75, 3.05) is 27.4 Å². The molecule has 3 aromatic rings. The summed E-state index contributed by atoms with van der Waals surface area (Å²) in [4.78, 5) is 99.4. The van der Waals surface area contributed by atoms with Crippen LogP contribution in [0.4, 0.5) is 0 Å². The summed E-state index contributed by atoms with van der Waals surface area (Å²) in [7, 11) is 2.48. The number of carbonyl (C=O) groups is 8. The van der Waals surface area contributed by atoms with E-state index >= 15 is 0 Å². The van der Waals surface area contributed by atoms with Gasteiger partial charge in [-0.1, -0.05) is 37.3 Å². The number of fused-ring (bicyclic) bond motifs is 1. The molecular weight excluding hydrogens is 849 g/mol. The largest absolute Gasteiger partial charge is 0.469 e. The van der Waals surface area contributed by atoms with Crippen LogP contribution in [0.15, 0.2) is 95.6 Å². The van der Waals surface area contributed by atoms with Crippen LogP contribution in [0.1, 0.15) is 59.5 Å². The van der Waals surface area contributed by atoms with Crippen molar-refractivity contribution >= 4 is 60.5 Å². The molecule has 3 aliphatic rings. The van der Waals surface area contributed by atoms with Gasteiger partial charge in [-0.25, -0.2) is 24.0 Å². The number of hydrogen-bond donors (Lipinski definition) is 0. The monoisotopic (exact) mass is 884 g/mol. The van der Waals surface area contributed by atoms with E-state index in [1.807, 2.05) is 0 Å². The maximum atomic E-state index is 13.2. The summed E-state index contributed by atoms with van der Waals surface area (Å²) in [5.41, 5.74) is -0.162. The molecule has 18 nitrogen and oxygen atoms in total. The number of methoxy groups -OCH3 is 2. The normalized spacial score (nSPS) is 21.0. The van der Waals surface area contributed by atoms with Gasteiger partial charge in [0.05, 0.1) is 61.2 Å². The number of allylic oxidation sites excluding steroid dienone is 1. The minimum Gasteiger partial charge on any atom is -0.469 e. The summed E-state index contributed by atoms with van der Waals surface area (Å²) in [6.45, 7) is 1.35. The molecule has 0 saturated carbocycles. The Morgan fingerprint density at radius 2 is 1.14 bits per heavy atom. The second kappa shape index (κ2) is 20.7. The van der Waals surface area contributed by atoms with Crippen LogP contribution < -0.4 is 9.47 Å². The van der Waals surface area contributed by atoms with E-state index in [1.165, 1.54) is 87.0 Å². The molecule has 2 fully saturated rings. The number of nitrogens with zero attached hydrogens (tertiary/aromatic N) is 2. The molecule has 6 atom stereocenters. The molecule has 2 unspecified atom stereocenters. The van der Waals surface area contributed by atoms with E-state index < -0.39 is 77.3 Å². The van der Waals surface area contributed by atoms with Crippen LogP contribution in [0.2, 0.25) is 0 Å². The Kier molecular flexibility index (Phi) is 14.7. The fourth-order valence-corrected chi connectivity index (χ4v) is 6.89. The summed E-state index contributed by atoms with van der Waals surface area (Å²) in [6.07, 6.45) is 3.77. The number of ether oxygens (including phenoxy) is 8. The summed E-state index contributed by atoms with van der Waals surface area (Å²) in [6, 6.07) is 16.9. The highest BCUT2D eigenvalue weighted by Crippen LogP contribution is 2.32. The van der Waals surface area contributed by atoms with Crippen LogP contribution in [0.25, 0.3) is 12.2 Å². The number of carbonyl (C=O) groups excluding carboxylic acids is 8. The number of hydrogen-bond acceptors (Lipinski definition) is 18. The zero-order valence-corrected chi connectivity index (χ0v) is 34.6. The Balaban J connectivity index is 1.04. The Morgan fingerprint density at radius 3 is 1.57 bits per heavy atom. The summed E-state index contributed by atoms with van der Waals surface area (Å²) < 4.78 is 42.8. The zero-order valence-electron chi connectivity index (χ0n) is 34.6. The van der Waals surface area contributed by atoms with Gasteiger partial charge >= 0.3 is 35.8 Å². The Bertz CT molecular complexity index is 2660. The lowest BCUT2D eigenvalue weighted by molar-refractivity contribution is -0.150. The third-order valence-corrected chi connectivity index (χ3v) is 10.3. The SMILES string of the molecule is COC(=O)c1ccc(C(=O)Oc2ccc(/C=C(\C#N)C(=O)O[C@@H]3CO[C@H]4[C@@H]3OC[C@@H]4OC(=O)/C(C#N)=C/c3ccc(OC(=O)C4=CC(C)C(C(=O)OC)C=C4)c(C=O)c3)cc2C=O)cc1. The van der Waals surface area contributed by atoms with Crippen molar-refractivity contribution in [1.29, 1.82) is 10.5 Å². The first-order chi connectivity index (χ1) is 31.3. The van der Waals surface area contributed by atoms with Crippen molar-refractivity contribution in [3.63, 3.8) is 0 Å². The van der Waals surface area contributed by atoms with E-state index in [2.05, 4.69) is 4.74 Å². The van der Waals surface area contributed by atoms with E-state index in [1.54, 1.807) is 25.1 Å². The number of rotatable bonds is 14. The van der Waals surface area contributed by atoms with Crippen LogP contribution in [-0.2, 0) is 47.6 Å². The zero-order chi connectivity index (χ0) is 46.8. The van der Waals surface area contributed by atoms with Crippen molar-refractivity contribution in [1.82, 2.24) is 0 Å². The van der Waals surface area contributed by atoms with Gasteiger partial charge in [-0.15, -0.1) is 0 Å². The maximum Gasteiger partial charge on any atom is 0.349 e. The first-order valence-electron chi connectivity index (χ1n) is 19.5. The van der Waals surface area contributed by atoms with Crippen molar-refractivity contribution < 1.29 is 76.3 Å². The molecule has 2 aliphatic heterocycles. The third kappa shape index (κ3) is 10.7. The van der Waals surface area contributed by atoms with Gasteiger partial charge in [0.2, 0.25) is 0 Å². The molecular formula is C47H36N2O16. The predicted octanol–water partition coefficient (Wildman–Crippen LogP) is 4.28. The van der Waals surface area contributed by atoms with Crippen LogP contribution >= 0.6 is 0 Å². The predicted molar refractivity (Wildman–Crippen MR) is 220 cm³/mol. The summed E-state index contributed by atoms with van der Waals surface area (Å²) in [5.74, 6) is -5.90. The Labute approximate surface area is 369 Å². The molecule has 6 rings (SSSR count). The van der Waals surface area contributed by atoms with Crippen LogP contribution in [-0.4, -0.2) is 100 Å². The standard InChI is InChI=1S/C47H36N2O16/c1-25-14-30(10-11-35(25)47(57)59-3)44(54)63-37-13-5-27(18-34(37)22-51)16-32(20-49)46(56)65-39-24-61-40-38(23-60-41(39)40)64-45(55)31(19-48)15-26-4-12-36(33(17-26)21-50)62-43(53)29-8-6-28(7-9-29)42(52)58-2/h4-18,21-22,25,35,38-41H,23-24H2,1-3H3/b31-15+,32-16+/t25?,35?,38-,39+,40-,41-/m1/s1. The molecule has 0 radical (unpaired) electrons. The van der Waals surface area contributed by atoms with Crippen molar-refractivity contribution in [3.05, 3.63) is 129 Å². The van der Waals surface area contributed by atoms with Gasteiger partial charge in [0, 0.05) is 0 Å². The van der Waals surface area contributed by atoms with Crippen LogP contribution in [0.5, 0.6) is 11.5 Å². The second-order valence-corrected chi connectivity index (χ2v) is 14.4. The number of aldehydes is 2. The van der Waals surface area contributed by atoms with Gasteiger partial charge in [0.15, 0.2) is 24.8 Å². The molecule has 330 valence electrons. The fourth-order valence-electron chi connectivity index (χ4n) is 6.89. The molecule has 0 bridgehead atoms. The number of nitriles is 2. The van der Waals surface area contributed by atoms with Crippen LogP contribution in [0, 0.1) is 34.5 Å². The highest BCUT2D eigenvalue weighted by molar-refractivity contribution is 6.00. The maximum absolute atomic E-state index is 13.2. The first-order valence-corrected chi connectivity index (χ1v) is 19.5. The summed E-state index contributed by atoms with van der Waals surface area (Å²) in [5, 5.41) is 19.6. The molecule has 2 heterocycles. The lowest BCUT2D eigenvalue weighted by atomic mass is 9.87. The highest BCUT2D eigenvalue weighted by Gasteiger charge is 2.51. The lowest BCUT2D eigenvalue weighted by Gasteiger charge is -2.20. The minimum absolute atomic E-state index is 0.0649. The highest BCUT2D eigenvalue weighted by atomic mass is 16.7. The topological polar surface area (TPSA) is 258 Å². The number of esters is 6. The van der Waals surface area contributed by atoms with E-state index in [-0.39, 0.29) is 69.6 Å². The van der Waals surface area contributed by atoms with Gasteiger partial charge in [-0.3, -0.25) is 14.4 Å². The van der Waals surface area contributed by atoms with Crippen molar-refractivity contribution in [2.24, 2.45) is 11.8 Å². The van der Waals surface area contributed by atoms with Gasteiger partial charge in [0.25, 0.3) is 0 Å². The van der Waals surface area contributed by atoms with Gasteiger partial charge in [-0.2, -0.15) is 10.5 Å². The quantitative estimate of drug-likeness (QED) is 0.0546. The van der Waals surface area contributed by atoms with Gasteiger partial charge in [-0.05, 0) is 77.7 Å². The average Bonchev–Trinajstić information content (AvgIpc) is 3.92. The van der Waals surface area contributed by atoms with E-state index in [0.717, 1.165) is 12.2 Å².